The van der Waals surface area contributed by atoms with Gasteiger partial charge in [0.25, 0.3) is 0 Å². The second-order valence-corrected chi connectivity index (χ2v) is 4.07. The molecular formula is C15H23NO. The zero-order valence-electron chi connectivity index (χ0n) is 10.9. The number of benzene rings is 1. The van der Waals surface area contributed by atoms with Crippen molar-refractivity contribution in [1.82, 2.24) is 5.32 Å². The fourth-order valence-corrected chi connectivity index (χ4v) is 1.89. The predicted molar refractivity (Wildman–Crippen MR) is 73.5 cm³/mol. The van der Waals surface area contributed by atoms with Crippen LogP contribution in [0, 0.1) is 0 Å². The Morgan fingerprint density at radius 1 is 1.41 bits per heavy atom. The number of para-hydroxylation sites is 1. The molecule has 0 aliphatic carbocycles. The molecule has 1 N–H and O–H groups in total. The van der Waals surface area contributed by atoms with Gasteiger partial charge in [-0.1, -0.05) is 31.2 Å². The molecule has 0 bridgehead atoms. The van der Waals surface area contributed by atoms with Gasteiger partial charge in [0.2, 0.25) is 0 Å². The SMILES string of the molecule is C=CCCCOc1ccccc1C(CC)NC. The minimum absolute atomic E-state index is 0.366. The first-order chi connectivity index (χ1) is 8.33. The molecule has 0 saturated carbocycles. The fourth-order valence-electron chi connectivity index (χ4n) is 1.89. The van der Waals surface area contributed by atoms with Gasteiger partial charge in [0, 0.05) is 11.6 Å². The van der Waals surface area contributed by atoms with E-state index in [4.69, 9.17) is 4.74 Å². The molecule has 2 heteroatoms. The first-order valence-electron chi connectivity index (χ1n) is 6.33. The first kappa shape index (κ1) is 13.8. The Hall–Kier alpha value is -1.28. The third-order valence-electron chi connectivity index (χ3n) is 2.86. The monoisotopic (exact) mass is 233 g/mol. The van der Waals surface area contributed by atoms with E-state index in [1.54, 1.807) is 0 Å². The summed E-state index contributed by atoms with van der Waals surface area (Å²) in [5, 5.41) is 3.31. The summed E-state index contributed by atoms with van der Waals surface area (Å²) < 4.78 is 5.84. The Morgan fingerprint density at radius 3 is 2.82 bits per heavy atom. The van der Waals surface area contributed by atoms with Crippen LogP contribution in [0.5, 0.6) is 5.75 Å². The van der Waals surface area contributed by atoms with E-state index in [0.29, 0.717) is 6.04 Å². The van der Waals surface area contributed by atoms with Crippen LogP contribution in [0.25, 0.3) is 0 Å². The molecule has 17 heavy (non-hydrogen) atoms. The molecule has 0 radical (unpaired) electrons. The lowest BCUT2D eigenvalue weighted by molar-refractivity contribution is 0.305. The molecule has 0 aliphatic rings. The van der Waals surface area contributed by atoms with Crippen molar-refractivity contribution in [2.45, 2.75) is 32.2 Å². The quantitative estimate of drug-likeness (QED) is 0.546. The fraction of sp³-hybridized carbons (Fsp3) is 0.467. The number of unbranched alkanes of at least 4 members (excludes halogenated alkanes) is 1. The number of hydrogen-bond donors (Lipinski definition) is 1. The van der Waals surface area contributed by atoms with Crippen molar-refractivity contribution in [2.24, 2.45) is 0 Å². The average Bonchev–Trinajstić information content (AvgIpc) is 2.38. The van der Waals surface area contributed by atoms with Crippen LogP contribution >= 0.6 is 0 Å². The van der Waals surface area contributed by atoms with Crippen LogP contribution in [0.15, 0.2) is 36.9 Å². The number of ether oxygens (including phenoxy) is 1. The van der Waals surface area contributed by atoms with Crippen molar-refractivity contribution in [3.05, 3.63) is 42.5 Å². The molecule has 0 heterocycles. The summed E-state index contributed by atoms with van der Waals surface area (Å²) in [6, 6.07) is 8.63. The van der Waals surface area contributed by atoms with Crippen LogP contribution in [0.3, 0.4) is 0 Å². The highest BCUT2D eigenvalue weighted by molar-refractivity contribution is 5.35. The Morgan fingerprint density at radius 2 is 2.18 bits per heavy atom. The lowest BCUT2D eigenvalue weighted by Crippen LogP contribution is -2.16. The molecule has 1 unspecified atom stereocenters. The first-order valence-corrected chi connectivity index (χ1v) is 6.33. The standard InChI is InChI=1S/C15H23NO/c1-4-6-9-12-17-15-11-8-7-10-13(15)14(5-2)16-3/h4,7-8,10-11,14,16H,1,5-6,9,12H2,2-3H3. The summed E-state index contributed by atoms with van der Waals surface area (Å²) in [7, 11) is 1.99. The van der Waals surface area contributed by atoms with Crippen molar-refractivity contribution >= 4 is 0 Å². The Labute approximate surface area is 105 Å². The minimum Gasteiger partial charge on any atom is -0.493 e. The average molecular weight is 233 g/mol. The Bertz CT molecular complexity index is 331. The van der Waals surface area contributed by atoms with Gasteiger partial charge in [-0.3, -0.25) is 0 Å². The van der Waals surface area contributed by atoms with E-state index >= 15 is 0 Å². The van der Waals surface area contributed by atoms with Gasteiger partial charge < -0.3 is 10.1 Å². The van der Waals surface area contributed by atoms with Crippen LogP contribution in [-0.4, -0.2) is 13.7 Å². The molecule has 0 amide bonds. The molecule has 94 valence electrons. The van der Waals surface area contributed by atoms with Crippen molar-refractivity contribution in [3.8, 4) is 5.75 Å². The number of hydrogen-bond acceptors (Lipinski definition) is 2. The number of nitrogens with one attached hydrogen (secondary N) is 1. The van der Waals surface area contributed by atoms with Gasteiger partial charge in [0.1, 0.15) is 5.75 Å². The molecular weight excluding hydrogens is 210 g/mol. The molecule has 0 fully saturated rings. The van der Waals surface area contributed by atoms with Gasteiger partial charge >= 0.3 is 0 Å². The van der Waals surface area contributed by atoms with Crippen LogP contribution in [0.4, 0.5) is 0 Å². The van der Waals surface area contributed by atoms with Gasteiger partial charge in [0.05, 0.1) is 6.61 Å². The maximum atomic E-state index is 5.84. The maximum absolute atomic E-state index is 5.84. The molecule has 1 rings (SSSR count). The molecule has 2 nitrogen and oxygen atoms in total. The highest BCUT2D eigenvalue weighted by Gasteiger charge is 2.11. The van der Waals surface area contributed by atoms with Gasteiger partial charge in [-0.05, 0) is 32.4 Å². The molecule has 1 aromatic carbocycles. The molecule has 1 atom stereocenters. The zero-order valence-corrected chi connectivity index (χ0v) is 10.9. The summed E-state index contributed by atoms with van der Waals surface area (Å²) in [6.45, 7) is 6.64. The summed E-state index contributed by atoms with van der Waals surface area (Å²) >= 11 is 0. The van der Waals surface area contributed by atoms with Gasteiger partial charge in [-0.15, -0.1) is 6.58 Å². The molecule has 1 aromatic rings. The smallest absolute Gasteiger partial charge is 0.124 e. The molecule has 0 saturated heterocycles. The van der Waals surface area contributed by atoms with Gasteiger partial charge in [-0.25, -0.2) is 0 Å². The van der Waals surface area contributed by atoms with Gasteiger partial charge in [0.15, 0.2) is 0 Å². The van der Waals surface area contributed by atoms with E-state index in [-0.39, 0.29) is 0 Å². The third-order valence-corrected chi connectivity index (χ3v) is 2.86. The molecule has 0 aromatic heterocycles. The van der Waals surface area contributed by atoms with E-state index in [9.17, 15) is 0 Å². The number of rotatable bonds is 8. The van der Waals surface area contributed by atoms with E-state index in [1.165, 1.54) is 5.56 Å². The van der Waals surface area contributed by atoms with E-state index in [2.05, 4.69) is 31.0 Å². The largest absolute Gasteiger partial charge is 0.493 e. The summed E-state index contributed by atoms with van der Waals surface area (Å²) in [4.78, 5) is 0. The van der Waals surface area contributed by atoms with Crippen molar-refractivity contribution in [2.75, 3.05) is 13.7 Å². The van der Waals surface area contributed by atoms with Crippen molar-refractivity contribution in [3.63, 3.8) is 0 Å². The van der Waals surface area contributed by atoms with Crippen LogP contribution in [0.2, 0.25) is 0 Å². The summed E-state index contributed by atoms with van der Waals surface area (Å²) in [5.74, 6) is 0.998. The normalized spacial score (nSPS) is 12.1. The summed E-state index contributed by atoms with van der Waals surface area (Å²) in [5.41, 5.74) is 1.25. The maximum Gasteiger partial charge on any atom is 0.124 e. The second-order valence-electron chi connectivity index (χ2n) is 4.07. The van der Waals surface area contributed by atoms with Crippen LogP contribution < -0.4 is 10.1 Å². The number of allylic oxidation sites excluding steroid dienone is 1. The zero-order chi connectivity index (χ0) is 12.5. The van der Waals surface area contributed by atoms with E-state index in [0.717, 1.165) is 31.6 Å². The third kappa shape index (κ3) is 4.23. The molecule has 0 aliphatic heterocycles. The minimum atomic E-state index is 0.366. The topological polar surface area (TPSA) is 21.3 Å². The second kappa shape index (κ2) is 7.91. The van der Waals surface area contributed by atoms with Crippen molar-refractivity contribution < 1.29 is 4.74 Å². The Kier molecular flexibility index (Phi) is 6.41. The van der Waals surface area contributed by atoms with Crippen LogP contribution in [0.1, 0.15) is 37.8 Å². The Balaban J connectivity index is 2.66. The lowest BCUT2D eigenvalue weighted by atomic mass is 10.0. The lowest BCUT2D eigenvalue weighted by Gasteiger charge is -2.18. The van der Waals surface area contributed by atoms with Crippen LogP contribution in [-0.2, 0) is 0 Å². The van der Waals surface area contributed by atoms with Gasteiger partial charge in [-0.2, -0.15) is 0 Å². The van der Waals surface area contributed by atoms with E-state index in [1.807, 2.05) is 25.3 Å². The highest BCUT2D eigenvalue weighted by atomic mass is 16.5. The van der Waals surface area contributed by atoms with Crippen molar-refractivity contribution in [1.29, 1.82) is 0 Å². The summed E-state index contributed by atoms with van der Waals surface area (Å²) in [6.07, 6.45) is 5.01. The molecule has 0 spiro atoms. The van der Waals surface area contributed by atoms with E-state index < -0.39 is 0 Å². The predicted octanol–water partition coefficient (Wildman–Crippen LogP) is 3.70. The highest BCUT2D eigenvalue weighted by Crippen LogP contribution is 2.26.